The molecule has 0 bridgehead atoms. The van der Waals surface area contributed by atoms with Crippen molar-refractivity contribution in [1.29, 1.82) is 0 Å². The summed E-state index contributed by atoms with van der Waals surface area (Å²) >= 11 is 0. The van der Waals surface area contributed by atoms with E-state index in [4.69, 9.17) is 9.47 Å². The van der Waals surface area contributed by atoms with E-state index in [-0.39, 0.29) is 12.5 Å². The number of carbonyl (C=O) groups is 1. The van der Waals surface area contributed by atoms with Gasteiger partial charge in [-0.15, -0.1) is 0 Å². The number of benzene rings is 2. The van der Waals surface area contributed by atoms with Gasteiger partial charge in [0.2, 0.25) is 5.91 Å². The van der Waals surface area contributed by atoms with Crippen LogP contribution in [-0.2, 0) is 16.1 Å². The Labute approximate surface area is 124 Å². The number of aryl methyl sites for hydroxylation is 1. The summed E-state index contributed by atoms with van der Waals surface area (Å²) in [4.78, 5) is 11.8. The van der Waals surface area contributed by atoms with Crippen LogP contribution in [0.25, 0.3) is 0 Å². The van der Waals surface area contributed by atoms with Gasteiger partial charge < -0.3 is 14.8 Å². The first-order valence-electron chi connectivity index (χ1n) is 6.74. The van der Waals surface area contributed by atoms with E-state index < -0.39 is 0 Å². The van der Waals surface area contributed by atoms with Crippen molar-refractivity contribution in [3.63, 3.8) is 0 Å². The van der Waals surface area contributed by atoms with Gasteiger partial charge >= 0.3 is 0 Å². The van der Waals surface area contributed by atoms with E-state index >= 15 is 0 Å². The highest BCUT2D eigenvalue weighted by atomic mass is 16.5. The van der Waals surface area contributed by atoms with Crippen molar-refractivity contribution in [3.05, 3.63) is 59.7 Å². The molecule has 0 radical (unpaired) electrons. The molecule has 110 valence electrons. The third-order valence-electron chi connectivity index (χ3n) is 2.94. The van der Waals surface area contributed by atoms with Crippen LogP contribution in [0.4, 0.5) is 5.69 Å². The Morgan fingerprint density at radius 3 is 2.71 bits per heavy atom. The first kappa shape index (κ1) is 15.1. The fourth-order valence-corrected chi connectivity index (χ4v) is 1.94. The summed E-state index contributed by atoms with van der Waals surface area (Å²) in [6.45, 7) is 2.37. The quantitative estimate of drug-likeness (QED) is 0.887. The molecule has 0 spiro atoms. The second-order valence-electron chi connectivity index (χ2n) is 4.76. The van der Waals surface area contributed by atoms with Crippen molar-refractivity contribution in [3.8, 4) is 5.75 Å². The van der Waals surface area contributed by atoms with Crippen LogP contribution in [0.3, 0.4) is 0 Å². The number of ether oxygens (including phenoxy) is 2. The number of rotatable bonds is 6. The Hall–Kier alpha value is -2.33. The van der Waals surface area contributed by atoms with Gasteiger partial charge in [0, 0.05) is 5.69 Å². The summed E-state index contributed by atoms with van der Waals surface area (Å²) < 4.78 is 10.6. The van der Waals surface area contributed by atoms with Gasteiger partial charge in [-0.3, -0.25) is 4.79 Å². The van der Waals surface area contributed by atoms with Gasteiger partial charge in [0.1, 0.15) is 12.4 Å². The van der Waals surface area contributed by atoms with Crippen LogP contribution in [0.2, 0.25) is 0 Å². The highest BCUT2D eigenvalue weighted by molar-refractivity contribution is 5.91. The molecule has 0 aliphatic heterocycles. The number of hydrogen-bond donors (Lipinski definition) is 1. The Morgan fingerprint density at radius 1 is 1.14 bits per heavy atom. The van der Waals surface area contributed by atoms with Crippen LogP contribution >= 0.6 is 0 Å². The molecule has 0 unspecified atom stereocenters. The van der Waals surface area contributed by atoms with Crippen LogP contribution < -0.4 is 10.1 Å². The number of carbonyl (C=O) groups excluding carboxylic acids is 1. The smallest absolute Gasteiger partial charge is 0.250 e. The fourth-order valence-electron chi connectivity index (χ4n) is 1.94. The topological polar surface area (TPSA) is 47.6 Å². The van der Waals surface area contributed by atoms with Gasteiger partial charge in [-0.05, 0) is 42.3 Å². The van der Waals surface area contributed by atoms with Gasteiger partial charge in [0.05, 0.1) is 13.7 Å². The van der Waals surface area contributed by atoms with Crippen molar-refractivity contribution < 1.29 is 14.3 Å². The van der Waals surface area contributed by atoms with E-state index in [1.54, 1.807) is 7.11 Å². The highest BCUT2D eigenvalue weighted by Crippen LogP contribution is 2.13. The Bertz CT molecular complexity index is 610. The summed E-state index contributed by atoms with van der Waals surface area (Å²) in [7, 11) is 1.62. The second-order valence-corrected chi connectivity index (χ2v) is 4.76. The summed E-state index contributed by atoms with van der Waals surface area (Å²) in [5, 5.41) is 2.80. The molecule has 0 aliphatic rings. The molecule has 0 atom stereocenters. The zero-order chi connectivity index (χ0) is 15.1. The average Bonchev–Trinajstić information content (AvgIpc) is 2.47. The van der Waals surface area contributed by atoms with Gasteiger partial charge in [0.15, 0.2) is 0 Å². The average molecular weight is 285 g/mol. The Balaban J connectivity index is 1.79. The lowest BCUT2D eigenvalue weighted by Gasteiger charge is -2.08. The Kier molecular flexibility index (Phi) is 5.35. The second kappa shape index (κ2) is 7.45. The van der Waals surface area contributed by atoms with Gasteiger partial charge in [0.25, 0.3) is 0 Å². The van der Waals surface area contributed by atoms with Crippen LogP contribution in [0, 0.1) is 6.92 Å². The van der Waals surface area contributed by atoms with Crippen molar-refractivity contribution in [2.75, 3.05) is 19.0 Å². The van der Waals surface area contributed by atoms with E-state index in [1.165, 1.54) is 0 Å². The number of amides is 1. The molecule has 1 N–H and O–H groups in total. The highest BCUT2D eigenvalue weighted by Gasteiger charge is 2.03. The first-order chi connectivity index (χ1) is 10.2. The molecular formula is C17H19NO3. The lowest BCUT2D eigenvalue weighted by atomic mass is 10.2. The van der Waals surface area contributed by atoms with Gasteiger partial charge in [-0.25, -0.2) is 0 Å². The van der Waals surface area contributed by atoms with E-state index in [1.807, 2.05) is 55.5 Å². The molecule has 2 aromatic rings. The van der Waals surface area contributed by atoms with Crippen molar-refractivity contribution >= 4 is 11.6 Å². The maximum Gasteiger partial charge on any atom is 0.250 e. The Morgan fingerprint density at radius 2 is 1.95 bits per heavy atom. The number of methoxy groups -OCH3 is 1. The molecular weight excluding hydrogens is 266 g/mol. The molecule has 0 saturated carbocycles. The molecule has 0 aliphatic carbocycles. The predicted molar refractivity (Wildman–Crippen MR) is 82.5 cm³/mol. The minimum absolute atomic E-state index is 0.0190. The van der Waals surface area contributed by atoms with E-state index in [2.05, 4.69) is 5.32 Å². The molecule has 0 aromatic heterocycles. The molecule has 4 heteroatoms. The summed E-state index contributed by atoms with van der Waals surface area (Å²) in [6, 6.07) is 15.2. The largest absolute Gasteiger partial charge is 0.497 e. The first-order valence-corrected chi connectivity index (χ1v) is 6.74. The summed E-state index contributed by atoms with van der Waals surface area (Å²) in [5.74, 6) is 0.615. The molecule has 0 saturated heterocycles. The number of anilines is 1. The molecule has 2 aromatic carbocycles. The third-order valence-corrected chi connectivity index (χ3v) is 2.94. The van der Waals surface area contributed by atoms with Crippen LogP contribution in [-0.4, -0.2) is 19.6 Å². The lowest BCUT2D eigenvalue weighted by molar-refractivity contribution is -0.121. The normalized spacial score (nSPS) is 10.2. The van der Waals surface area contributed by atoms with E-state index in [0.29, 0.717) is 6.61 Å². The SMILES string of the molecule is COc1cccc(COCC(=O)Nc2cccc(C)c2)c1. The maximum atomic E-state index is 11.8. The molecule has 0 fully saturated rings. The van der Waals surface area contributed by atoms with E-state index in [9.17, 15) is 4.79 Å². The molecule has 4 nitrogen and oxygen atoms in total. The van der Waals surface area contributed by atoms with Gasteiger partial charge in [-0.2, -0.15) is 0 Å². The standard InChI is InChI=1S/C17H19NO3/c1-13-5-3-7-15(9-13)18-17(19)12-21-11-14-6-4-8-16(10-14)20-2/h3-10H,11-12H2,1-2H3,(H,18,19). The minimum atomic E-state index is -0.163. The predicted octanol–water partition coefficient (Wildman–Crippen LogP) is 3.16. The van der Waals surface area contributed by atoms with Crippen molar-refractivity contribution in [1.82, 2.24) is 0 Å². The number of nitrogens with one attached hydrogen (secondary N) is 1. The molecule has 1 amide bonds. The van der Waals surface area contributed by atoms with Crippen molar-refractivity contribution in [2.24, 2.45) is 0 Å². The van der Waals surface area contributed by atoms with Crippen LogP contribution in [0.5, 0.6) is 5.75 Å². The monoisotopic (exact) mass is 285 g/mol. The summed E-state index contributed by atoms with van der Waals surface area (Å²) in [6.07, 6.45) is 0. The fraction of sp³-hybridized carbons (Fsp3) is 0.235. The van der Waals surface area contributed by atoms with Gasteiger partial charge in [-0.1, -0.05) is 24.3 Å². The van der Waals surface area contributed by atoms with Crippen LogP contribution in [0.1, 0.15) is 11.1 Å². The van der Waals surface area contributed by atoms with Crippen LogP contribution in [0.15, 0.2) is 48.5 Å². The third kappa shape index (κ3) is 4.93. The number of hydrogen-bond acceptors (Lipinski definition) is 3. The zero-order valence-electron chi connectivity index (χ0n) is 12.3. The zero-order valence-corrected chi connectivity index (χ0v) is 12.3. The minimum Gasteiger partial charge on any atom is -0.497 e. The lowest BCUT2D eigenvalue weighted by Crippen LogP contribution is -2.18. The molecule has 0 heterocycles. The maximum absolute atomic E-state index is 11.8. The van der Waals surface area contributed by atoms with E-state index in [0.717, 1.165) is 22.6 Å². The summed E-state index contributed by atoms with van der Waals surface area (Å²) in [5.41, 5.74) is 2.85. The molecule has 2 rings (SSSR count). The molecule has 21 heavy (non-hydrogen) atoms. The van der Waals surface area contributed by atoms with Crippen molar-refractivity contribution in [2.45, 2.75) is 13.5 Å².